The van der Waals surface area contributed by atoms with Crippen LogP contribution in [0.2, 0.25) is 0 Å². The summed E-state index contributed by atoms with van der Waals surface area (Å²) in [6.45, 7) is 3.35. The molecule has 1 aromatic carbocycles. The second-order valence-corrected chi connectivity index (χ2v) is 4.72. The molecule has 0 aliphatic carbocycles. The lowest BCUT2D eigenvalue weighted by molar-refractivity contribution is 0.450. The Labute approximate surface area is 105 Å². The fraction of sp³-hybridized carbons (Fsp3) is 0.333. The standard InChI is InChI=1S/C12H15N3OS/c1-10-14-15-12(16-10)9-13-7-8-17-11-5-3-2-4-6-11/h2-6,13H,7-9H2,1H3. The van der Waals surface area contributed by atoms with Crippen LogP contribution in [-0.2, 0) is 6.54 Å². The molecule has 0 fully saturated rings. The zero-order chi connectivity index (χ0) is 11.9. The molecule has 2 rings (SSSR count). The number of rotatable bonds is 6. The minimum absolute atomic E-state index is 0.612. The predicted octanol–water partition coefficient (Wildman–Crippen LogP) is 2.26. The molecular formula is C12H15N3OS. The summed E-state index contributed by atoms with van der Waals surface area (Å²) >= 11 is 1.83. The molecule has 0 aliphatic rings. The Bertz CT molecular complexity index is 444. The Hall–Kier alpha value is -1.33. The number of benzene rings is 1. The third-order valence-corrected chi connectivity index (χ3v) is 3.15. The molecule has 5 heteroatoms. The maximum Gasteiger partial charge on any atom is 0.230 e. The first-order chi connectivity index (χ1) is 8.34. The van der Waals surface area contributed by atoms with Crippen LogP contribution in [0.25, 0.3) is 0 Å². The lowest BCUT2D eigenvalue weighted by Gasteiger charge is -2.02. The molecule has 0 amide bonds. The number of thioether (sulfide) groups is 1. The summed E-state index contributed by atoms with van der Waals surface area (Å²) in [4.78, 5) is 1.29. The van der Waals surface area contributed by atoms with Crippen LogP contribution in [0.1, 0.15) is 11.8 Å². The van der Waals surface area contributed by atoms with Crippen molar-refractivity contribution in [2.24, 2.45) is 0 Å². The highest BCUT2D eigenvalue weighted by atomic mass is 32.2. The predicted molar refractivity (Wildman–Crippen MR) is 67.9 cm³/mol. The number of hydrogen-bond donors (Lipinski definition) is 1. The third kappa shape index (κ3) is 4.20. The summed E-state index contributed by atoms with van der Waals surface area (Å²) in [5, 5.41) is 11.0. The zero-order valence-corrected chi connectivity index (χ0v) is 10.5. The van der Waals surface area contributed by atoms with E-state index in [1.165, 1.54) is 4.90 Å². The number of hydrogen-bond acceptors (Lipinski definition) is 5. The fourth-order valence-electron chi connectivity index (χ4n) is 1.36. The molecule has 17 heavy (non-hydrogen) atoms. The smallest absolute Gasteiger partial charge is 0.230 e. The average Bonchev–Trinajstić information content (AvgIpc) is 2.76. The molecule has 0 atom stereocenters. The summed E-state index contributed by atoms with van der Waals surface area (Å²) in [7, 11) is 0. The van der Waals surface area contributed by atoms with Gasteiger partial charge in [0.25, 0.3) is 0 Å². The molecule has 0 aliphatic heterocycles. The molecule has 0 bridgehead atoms. The zero-order valence-electron chi connectivity index (χ0n) is 9.72. The van der Waals surface area contributed by atoms with E-state index in [4.69, 9.17) is 4.42 Å². The second-order valence-electron chi connectivity index (χ2n) is 3.55. The highest BCUT2D eigenvalue weighted by Gasteiger charge is 2.00. The maximum absolute atomic E-state index is 5.26. The molecule has 1 heterocycles. The summed E-state index contributed by atoms with van der Waals surface area (Å²) < 4.78 is 5.26. The monoisotopic (exact) mass is 249 g/mol. The third-order valence-electron chi connectivity index (χ3n) is 2.13. The summed E-state index contributed by atoms with van der Waals surface area (Å²) in [5.74, 6) is 2.28. The van der Waals surface area contributed by atoms with Crippen molar-refractivity contribution in [3.8, 4) is 0 Å². The molecule has 0 radical (unpaired) electrons. The molecule has 90 valence electrons. The first-order valence-corrected chi connectivity index (χ1v) is 6.51. The van der Waals surface area contributed by atoms with Crippen LogP contribution in [0, 0.1) is 6.92 Å². The van der Waals surface area contributed by atoms with E-state index in [1.54, 1.807) is 6.92 Å². The van der Waals surface area contributed by atoms with Crippen molar-refractivity contribution >= 4 is 11.8 Å². The highest BCUT2D eigenvalue weighted by Crippen LogP contribution is 2.15. The topological polar surface area (TPSA) is 51.0 Å². The van der Waals surface area contributed by atoms with Crippen LogP contribution < -0.4 is 5.32 Å². The van der Waals surface area contributed by atoms with Crippen molar-refractivity contribution in [1.29, 1.82) is 0 Å². The molecule has 4 nitrogen and oxygen atoms in total. The van der Waals surface area contributed by atoms with E-state index in [1.807, 2.05) is 17.8 Å². The number of aryl methyl sites for hydroxylation is 1. The van der Waals surface area contributed by atoms with Gasteiger partial charge in [0.15, 0.2) is 0 Å². The fourth-order valence-corrected chi connectivity index (χ4v) is 2.19. The van der Waals surface area contributed by atoms with Crippen LogP contribution in [0.15, 0.2) is 39.6 Å². The van der Waals surface area contributed by atoms with E-state index in [-0.39, 0.29) is 0 Å². The van der Waals surface area contributed by atoms with Gasteiger partial charge in [0, 0.05) is 24.1 Å². The van der Waals surface area contributed by atoms with Crippen molar-refractivity contribution in [2.75, 3.05) is 12.3 Å². The van der Waals surface area contributed by atoms with Crippen LogP contribution in [0.5, 0.6) is 0 Å². The second kappa shape index (κ2) is 6.42. The largest absolute Gasteiger partial charge is 0.424 e. The van der Waals surface area contributed by atoms with Crippen molar-refractivity contribution in [3.63, 3.8) is 0 Å². The van der Waals surface area contributed by atoms with Gasteiger partial charge in [-0.15, -0.1) is 22.0 Å². The maximum atomic E-state index is 5.26. The molecule has 0 saturated heterocycles. The van der Waals surface area contributed by atoms with Crippen LogP contribution >= 0.6 is 11.8 Å². The SMILES string of the molecule is Cc1nnc(CNCCSc2ccccc2)o1. The Balaban J connectivity index is 1.61. The van der Waals surface area contributed by atoms with Gasteiger partial charge in [-0.2, -0.15) is 0 Å². The Morgan fingerprint density at radius 2 is 2.06 bits per heavy atom. The Morgan fingerprint density at radius 3 is 2.76 bits per heavy atom. The van der Waals surface area contributed by atoms with Gasteiger partial charge in [0.05, 0.1) is 6.54 Å². The number of nitrogens with zero attached hydrogens (tertiary/aromatic N) is 2. The van der Waals surface area contributed by atoms with Crippen molar-refractivity contribution < 1.29 is 4.42 Å². The highest BCUT2D eigenvalue weighted by molar-refractivity contribution is 7.99. The van der Waals surface area contributed by atoms with Gasteiger partial charge < -0.3 is 9.73 Å². The number of aromatic nitrogens is 2. The molecular weight excluding hydrogens is 234 g/mol. The van der Waals surface area contributed by atoms with E-state index >= 15 is 0 Å². The van der Waals surface area contributed by atoms with Gasteiger partial charge >= 0.3 is 0 Å². The van der Waals surface area contributed by atoms with Crippen molar-refractivity contribution in [2.45, 2.75) is 18.4 Å². The molecule has 1 N–H and O–H groups in total. The molecule has 0 spiro atoms. The van der Waals surface area contributed by atoms with Crippen molar-refractivity contribution in [1.82, 2.24) is 15.5 Å². The first kappa shape index (κ1) is 12.1. The van der Waals surface area contributed by atoms with Gasteiger partial charge in [-0.05, 0) is 12.1 Å². The quantitative estimate of drug-likeness (QED) is 0.628. The first-order valence-electron chi connectivity index (χ1n) is 5.52. The average molecular weight is 249 g/mol. The number of nitrogens with one attached hydrogen (secondary N) is 1. The Kier molecular flexibility index (Phi) is 4.58. The lowest BCUT2D eigenvalue weighted by Crippen LogP contribution is -2.16. The van der Waals surface area contributed by atoms with E-state index in [9.17, 15) is 0 Å². The van der Waals surface area contributed by atoms with E-state index in [0.717, 1.165) is 12.3 Å². The lowest BCUT2D eigenvalue weighted by atomic mass is 10.4. The van der Waals surface area contributed by atoms with Gasteiger partial charge in [-0.1, -0.05) is 18.2 Å². The normalized spacial score (nSPS) is 10.6. The van der Waals surface area contributed by atoms with Gasteiger partial charge in [0.1, 0.15) is 0 Å². The molecule has 1 aromatic heterocycles. The Morgan fingerprint density at radius 1 is 1.24 bits per heavy atom. The van der Waals surface area contributed by atoms with Crippen molar-refractivity contribution in [3.05, 3.63) is 42.1 Å². The van der Waals surface area contributed by atoms with E-state index in [0.29, 0.717) is 18.3 Å². The van der Waals surface area contributed by atoms with Crippen LogP contribution in [0.3, 0.4) is 0 Å². The minimum Gasteiger partial charge on any atom is -0.424 e. The van der Waals surface area contributed by atoms with Crippen LogP contribution in [-0.4, -0.2) is 22.5 Å². The van der Waals surface area contributed by atoms with E-state index in [2.05, 4.69) is 39.8 Å². The van der Waals surface area contributed by atoms with Gasteiger partial charge in [-0.25, -0.2) is 0 Å². The van der Waals surface area contributed by atoms with E-state index < -0.39 is 0 Å². The molecule has 0 saturated carbocycles. The van der Waals surface area contributed by atoms with Crippen LogP contribution in [0.4, 0.5) is 0 Å². The summed E-state index contributed by atoms with van der Waals surface area (Å²) in [6, 6.07) is 10.4. The summed E-state index contributed by atoms with van der Waals surface area (Å²) in [6.07, 6.45) is 0. The minimum atomic E-state index is 0.612. The van der Waals surface area contributed by atoms with Gasteiger partial charge in [-0.3, -0.25) is 0 Å². The summed E-state index contributed by atoms with van der Waals surface area (Å²) in [5.41, 5.74) is 0. The molecule has 2 aromatic rings. The van der Waals surface area contributed by atoms with Gasteiger partial charge in [0.2, 0.25) is 11.8 Å². The molecule has 0 unspecified atom stereocenters.